The molecule has 0 amide bonds. The zero-order valence-electron chi connectivity index (χ0n) is 6.30. The van der Waals surface area contributed by atoms with Gasteiger partial charge in [-0.05, 0) is 19.3 Å². The van der Waals surface area contributed by atoms with Gasteiger partial charge in [-0.25, -0.2) is 0 Å². The van der Waals surface area contributed by atoms with Crippen molar-refractivity contribution in [1.82, 2.24) is 0 Å². The molecule has 1 saturated carbocycles. The van der Waals surface area contributed by atoms with E-state index in [2.05, 4.69) is 0 Å². The highest BCUT2D eigenvalue weighted by atomic mass is 16.1. The van der Waals surface area contributed by atoms with Crippen molar-refractivity contribution in [2.45, 2.75) is 31.2 Å². The Bertz CT molecular complexity index is 169. The van der Waals surface area contributed by atoms with E-state index in [0.717, 1.165) is 12.8 Å². The van der Waals surface area contributed by atoms with Crippen LogP contribution in [0.2, 0.25) is 0 Å². The first-order valence-corrected chi connectivity index (χ1v) is 3.76. The zero-order chi connectivity index (χ0) is 8.32. The molecule has 3 nitrogen and oxygen atoms in total. The van der Waals surface area contributed by atoms with Crippen molar-refractivity contribution in [3.05, 3.63) is 0 Å². The Morgan fingerprint density at radius 3 is 2.73 bits per heavy atom. The van der Waals surface area contributed by atoms with E-state index in [1.54, 1.807) is 6.29 Å². The van der Waals surface area contributed by atoms with E-state index in [1.807, 2.05) is 6.29 Å². The molecule has 1 aliphatic carbocycles. The first kappa shape index (κ1) is 8.40. The van der Waals surface area contributed by atoms with Gasteiger partial charge in [0.25, 0.3) is 0 Å². The van der Waals surface area contributed by atoms with Crippen LogP contribution in [0.4, 0.5) is 0 Å². The van der Waals surface area contributed by atoms with Crippen LogP contribution in [0.1, 0.15) is 25.7 Å². The molecule has 0 spiro atoms. The Hall–Kier alpha value is -0.700. The van der Waals surface area contributed by atoms with Crippen LogP contribution >= 0.6 is 0 Å². The minimum Gasteiger partial charge on any atom is -0.319 e. The van der Waals surface area contributed by atoms with Crippen molar-refractivity contribution in [3.63, 3.8) is 0 Å². The Kier molecular flexibility index (Phi) is 2.39. The predicted molar refractivity (Wildman–Crippen MR) is 40.3 cm³/mol. The molecule has 0 aromatic carbocycles. The number of carbonyl (C=O) groups excluding carboxylic acids is 2. The molecule has 11 heavy (non-hydrogen) atoms. The highest BCUT2D eigenvalue weighted by Crippen LogP contribution is 2.27. The lowest BCUT2D eigenvalue weighted by atomic mass is 9.78. The monoisotopic (exact) mass is 153 g/mol. The standard InChI is InChI=1S/C8H11NO2/c9-8(6-11)3-1-2-7(4-8)5-10/h7H,1-4,9H2. The van der Waals surface area contributed by atoms with E-state index in [1.165, 1.54) is 0 Å². The molecule has 0 bridgehead atoms. The summed E-state index contributed by atoms with van der Waals surface area (Å²) in [7, 11) is 0. The first-order valence-electron chi connectivity index (χ1n) is 3.76. The third-order valence-electron chi connectivity index (χ3n) is 2.16. The molecule has 0 saturated heterocycles. The summed E-state index contributed by atoms with van der Waals surface area (Å²) in [5.41, 5.74) is 4.75. The smallest absolute Gasteiger partial charge is 0.220 e. The fraction of sp³-hybridized carbons (Fsp3) is 0.750. The van der Waals surface area contributed by atoms with Crippen molar-refractivity contribution in [2.24, 2.45) is 11.7 Å². The highest BCUT2D eigenvalue weighted by molar-refractivity contribution is 5.67. The number of hydrogen-bond acceptors (Lipinski definition) is 3. The van der Waals surface area contributed by atoms with Crippen LogP contribution in [0.15, 0.2) is 0 Å². The third kappa shape index (κ3) is 1.87. The van der Waals surface area contributed by atoms with E-state index in [0.29, 0.717) is 12.8 Å². The van der Waals surface area contributed by atoms with Crippen LogP contribution in [-0.2, 0) is 9.59 Å². The summed E-state index contributed by atoms with van der Waals surface area (Å²) in [4.78, 5) is 20.6. The highest BCUT2D eigenvalue weighted by Gasteiger charge is 2.33. The van der Waals surface area contributed by atoms with Crippen LogP contribution in [-0.4, -0.2) is 18.1 Å². The molecule has 0 aliphatic heterocycles. The summed E-state index contributed by atoms with van der Waals surface area (Å²) >= 11 is 0. The summed E-state index contributed by atoms with van der Waals surface area (Å²) in [5, 5.41) is 0. The third-order valence-corrected chi connectivity index (χ3v) is 2.16. The number of hydrogen-bond donors (Lipinski definition) is 1. The molecule has 1 fully saturated rings. The molecule has 0 aromatic rings. The molecule has 2 N–H and O–H groups in total. The van der Waals surface area contributed by atoms with Gasteiger partial charge in [0, 0.05) is 5.92 Å². The second kappa shape index (κ2) is 3.13. The molecule has 1 aliphatic rings. The maximum Gasteiger partial charge on any atom is 0.220 e. The van der Waals surface area contributed by atoms with Gasteiger partial charge in [0.05, 0.1) is 5.54 Å². The maximum atomic E-state index is 10.4. The summed E-state index contributed by atoms with van der Waals surface area (Å²) < 4.78 is 0. The van der Waals surface area contributed by atoms with Crippen molar-refractivity contribution in [3.8, 4) is 0 Å². The van der Waals surface area contributed by atoms with E-state index < -0.39 is 5.54 Å². The second-order valence-corrected chi connectivity index (χ2v) is 3.17. The Morgan fingerprint density at radius 1 is 1.45 bits per heavy atom. The summed E-state index contributed by atoms with van der Waals surface area (Å²) in [6.45, 7) is 0. The molecule has 0 aromatic heterocycles. The van der Waals surface area contributed by atoms with Gasteiger partial charge < -0.3 is 5.73 Å². The molecular weight excluding hydrogens is 142 g/mol. The summed E-state index contributed by atoms with van der Waals surface area (Å²) in [6, 6.07) is 0. The summed E-state index contributed by atoms with van der Waals surface area (Å²) in [6.07, 6.45) is 6.38. The average Bonchev–Trinajstić information content (AvgIpc) is 2.05. The van der Waals surface area contributed by atoms with E-state index in [9.17, 15) is 9.59 Å². The molecule has 60 valence electrons. The lowest BCUT2D eigenvalue weighted by Gasteiger charge is -2.29. The largest absolute Gasteiger partial charge is 0.319 e. The fourth-order valence-corrected chi connectivity index (χ4v) is 1.50. The van der Waals surface area contributed by atoms with Crippen LogP contribution < -0.4 is 5.73 Å². The van der Waals surface area contributed by atoms with Gasteiger partial charge in [-0.1, -0.05) is 6.42 Å². The average molecular weight is 153 g/mol. The second-order valence-electron chi connectivity index (χ2n) is 3.17. The van der Waals surface area contributed by atoms with Crippen molar-refractivity contribution in [1.29, 1.82) is 0 Å². The van der Waals surface area contributed by atoms with Crippen LogP contribution in [0.5, 0.6) is 0 Å². The van der Waals surface area contributed by atoms with Gasteiger partial charge in [0.2, 0.25) is 12.6 Å². The van der Waals surface area contributed by atoms with Crippen LogP contribution in [0.3, 0.4) is 0 Å². The first-order chi connectivity index (χ1) is 5.20. The van der Waals surface area contributed by atoms with E-state index in [-0.39, 0.29) is 5.92 Å². The molecule has 0 heterocycles. The number of nitrogens with two attached hydrogens (primary N) is 1. The van der Waals surface area contributed by atoms with Gasteiger partial charge in [-0.15, -0.1) is 0 Å². The minimum absolute atomic E-state index is 0.157. The Morgan fingerprint density at radius 2 is 2.18 bits per heavy atom. The van der Waals surface area contributed by atoms with Crippen LogP contribution in [0, 0.1) is 5.92 Å². The molecule has 1 rings (SSSR count). The predicted octanol–water partition coefficient (Wildman–Crippen LogP) is 0.0935. The Balaban J connectivity index is 2.57. The van der Waals surface area contributed by atoms with Gasteiger partial charge in [-0.2, -0.15) is 0 Å². The van der Waals surface area contributed by atoms with E-state index >= 15 is 0 Å². The quantitative estimate of drug-likeness (QED) is 0.611. The molecule has 2 unspecified atom stereocenters. The van der Waals surface area contributed by atoms with Crippen molar-refractivity contribution < 1.29 is 9.59 Å². The lowest BCUT2D eigenvalue weighted by molar-refractivity contribution is 0.317. The van der Waals surface area contributed by atoms with Crippen molar-refractivity contribution in [2.75, 3.05) is 0 Å². The molecule has 3 heteroatoms. The SMILES string of the molecule is NC1([C]=O)CCCC([C]=O)C1. The van der Waals surface area contributed by atoms with E-state index in [4.69, 9.17) is 5.73 Å². The van der Waals surface area contributed by atoms with Crippen molar-refractivity contribution >= 4 is 12.6 Å². The molecular formula is C8H11NO2. The maximum absolute atomic E-state index is 10.4. The lowest BCUT2D eigenvalue weighted by Crippen LogP contribution is -2.46. The summed E-state index contributed by atoms with van der Waals surface area (Å²) in [5.74, 6) is -0.157. The minimum atomic E-state index is -0.875. The van der Waals surface area contributed by atoms with Gasteiger partial charge >= 0.3 is 0 Å². The van der Waals surface area contributed by atoms with Crippen LogP contribution in [0.25, 0.3) is 0 Å². The van der Waals surface area contributed by atoms with Gasteiger partial charge in [0.1, 0.15) is 0 Å². The fourth-order valence-electron chi connectivity index (χ4n) is 1.50. The molecule has 2 atom stereocenters. The normalized spacial score (nSPS) is 38.1. The number of rotatable bonds is 2. The Labute approximate surface area is 66.0 Å². The van der Waals surface area contributed by atoms with Gasteiger partial charge in [-0.3, -0.25) is 9.59 Å². The zero-order valence-corrected chi connectivity index (χ0v) is 6.30. The topological polar surface area (TPSA) is 60.2 Å². The molecule has 2 radical (unpaired) electrons. The van der Waals surface area contributed by atoms with Gasteiger partial charge in [0.15, 0.2) is 0 Å².